The topological polar surface area (TPSA) is 55.2 Å². The molecule has 0 saturated carbocycles. The molecule has 1 fully saturated rings. The SMILES string of the molecule is Cc1nn(CN2CCC(C(=O)c3ccccc3)CC2)c(=O)c2ccccc12. The molecule has 2 aromatic carbocycles. The van der Waals surface area contributed by atoms with Gasteiger partial charge in [0, 0.05) is 30.0 Å². The van der Waals surface area contributed by atoms with Crippen LogP contribution in [0.2, 0.25) is 0 Å². The van der Waals surface area contributed by atoms with E-state index in [9.17, 15) is 9.59 Å². The van der Waals surface area contributed by atoms with Crippen LogP contribution >= 0.6 is 0 Å². The molecule has 1 aliphatic heterocycles. The lowest BCUT2D eigenvalue weighted by Gasteiger charge is -2.31. The number of fused-ring (bicyclic) bond motifs is 1. The summed E-state index contributed by atoms with van der Waals surface area (Å²) >= 11 is 0. The van der Waals surface area contributed by atoms with Gasteiger partial charge in [-0.3, -0.25) is 14.5 Å². The lowest BCUT2D eigenvalue weighted by Crippen LogP contribution is -2.40. The quantitative estimate of drug-likeness (QED) is 0.670. The van der Waals surface area contributed by atoms with Gasteiger partial charge in [0.25, 0.3) is 5.56 Å². The molecule has 0 N–H and O–H groups in total. The molecule has 0 bridgehead atoms. The highest BCUT2D eigenvalue weighted by molar-refractivity contribution is 5.97. The molecule has 1 aromatic heterocycles. The van der Waals surface area contributed by atoms with Crippen LogP contribution in [0.15, 0.2) is 59.4 Å². The Morgan fingerprint density at radius 3 is 2.33 bits per heavy atom. The van der Waals surface area contributed by atoms with Crippen molar-refractivity contribution in [3.8, 4) is 0 Å². The van der Waals surface area contributed by atoms with Crippen molar-refractivity contribution < 1.29 is 4.79 Å². The number of hydrogen-bond acceptors (Lipinski definition) is 4. The average Bonchev–Trinajstić information content (AvgIpc) is 2.72. The van der Waals surface area contributed by atoms with Crippen molar-refractivity contribution in [3.05, 3.63) is 76.2 Å². The van der Waals surface area contributed by atoms with Gasteiger partial charge in [-0.05, 0) is 25.8 Å². The van der Waals surface area contributed by atoms with E-state index in [1.54, 1.807) is 4.68 Å². The van der Waals surface area contributed by atoms with Crippen molar-refractivity contribution >= 4 is 16.6 Å². The number of aryl methyl sites for hydroxylation is 1. The molecule has 0 spiro atoms. The Kier molecular flexibility index (Phi) is 4.86. The third kappa shape index (κ3) is 3.55. The average molecular weight is 361 g/mol. The van der Waals surface area contributed by atoms with Crippen LogP contribution < -0.4 is 5.56 Å². The number of piperidine rings is 1. The van der Waals surface area contributed by atoms with E-state index in [2.05, 4.69) is 10.00 Å². The summed E-state index contributed by atoms with van der Waals surface area (Å²) in [4.78, 5) is 27.6. The summed E-state index contributed by atoms with van der Waals surface area (Å²) in [6, 6.07) is 17.1. The molecule has 138 valence electrons. The van der Waals surface area contributed by atoms with Gasteiger partial charge < -0.3 is 0 Å². The summed E-state index contributed by atoms with van der Waals surface area (Å²) < 4.78 is 1.55. The van der Waals surface area contributed by atoms with Gasteiger partial charge >= 0.3 is 0 Å². The molecule has 5 nitrogen and oxygen atoms in total. The second-order valence-corrected chi connectivity index (χ2v) is 7.20. The van der Waals surface area contributed by atoms with Crippen molar-refractivity contribution in [1.29, 1.82) is 0 Å². The molecule has 0 amide bonds. The number of carbonyl (C=O) groups is 1. The maximum Gasteiger partial charge on any atom is 0.275 e. The zero-order valence-electron chi connectivity index (χ0n) is 15.5. The molecule has 4 rings (SSSR count). The van der Waals surface area contributed by atoms with Gasteiger partial charge in [0.2, 0.25) is 0 Å². The Bertz CT molecular complexity index is 1020. The Morgan fingerprint density at radius 1 is 1.00 bits per heavy atom. The van der Waals surface area contributed by atoms with Gasteiger partial charge in [-0.2, -0.15) is 5.10 Å². The first kappa shape index (κ1) is 17.6. The van der Waals surface area contributed by atoms with Crippen LogP contribution in [-0.2, 0) is 6.67 Å². The number of rotatable bonds is 4. The normalized spacial score (nSPS) is 15.9. The van der Waals surface area contributed by atoms with Crippen LogP contribution in [0.1, 0.15) is 28.9 Å². The van der Waals surface area contributed by atoms with Crippen molar-refractivity contribution in [1.82, 2.24) is 14.7 Å². The van der Waals surface area contributed by atoms with Gasteiger partial charge in [-0.15, -0.1) is 0 Å². The highest BCUT2D eigenvalue weighted by atomic mass is 16.1. The minimum absolute atomic E-state index is 0.0568. The standard InChI is InChI=1S/C22H23N3O2/c1-16-19-9-5-6-10-20(19)22(27)25(23-16)15-24-13-11-18(12-14-24)21(26)17-7-3-2-4-8-17/h2-10,18H,11-15H2,1H3. The largest absolute Gasteiger partial charge is 0.294 e. The first-order valence-electron chi connectivity index (χ1n) is 9.41. The molecular weight excluding hydrogens is 338 g/mol. The maximum atomic E-state index is 12.7. The molecular formula is C22H23N3O2. The predicted molar refractivity (Wildman–Crippen MR) is 106 cm³/mol. The number of likely N-dealkylation sites (tertiary alicyclic amines) is 1. The lowest BCUT2D eigenvalue weighted by atomic mass is 9.89. The summed E-state index contributed by atoms with van der Waals surface area (Å²) in [7, 11) is 0. The number of carbonyl (C=O) groups excluding carboxylic acids is 1. The van der Waals surface area contributed by atoms with E-state index in [0.717, 1.165) is 42.6 Å². The van der Waals surface area contributed by atoms with Crippen LogP contribution in [0.4, 0.5) is 0 Å². The lowest BCUT2D eigenvalue weighted by molar-refractivity contribution is 0.0801. The molecule has 1 saturated heterocycles. The Hall–Kier alpha value is -2.79. The molecule has 27 heavy (non-hydrogen) atoms. The van der Waals surface area contributed by atoms with Gasteiger partial charge in [-0.1, -0.05) is 48.5 Å². The monoisotopic (exact) mass is 361 g/mol. The van der Waals surface area contributed by atoms with Crippen LogP contribution in [0.3, 0.4) is 0 Å². The predicted octanol–water partition coefficient (Wildman–Crippen LogP) is 3.26. The minimum atomic E-state index is -0.0568. The molecule has 0 radical (unpaired) electrons. The fourth-order valence-corrected chi connectivity index (χ4v) is 3.86. The highest BCUT2D eigenvalue weighted by Crippen LogP contribution is 2.22. The molecule has 0 unspecified atom stereocenters. The Morgan fingerprint density at radius 2 is 1.63 bits per heavy atom. The molecule has 1 aliphatic rings. The van der Waals surface area contributed by atoms with E-state index in [0.29, 0.717) is 12.1 Å². The Labute approximate surface area is 158 Å². The smallest absolute Gasteiger partial charge is 0.275 e. The van der Waals surface area contributed by atoms with Gasteiger partial charge in [0.1, 0.15) is 0 Å². The number of hydrogen-bond donors (Lipinski definition) is 0. The first-order chi connectivity index (χ1) is 13.1. The minimum Gasteiger partial charge on any atom is -0.294 e. The number of nitrogens with zero attached hydrogens (tertiary/aromatic N) is 3. The number of ketones is 1. The first-order valence-corrected chi connectivity index (χ1v) is 9.41. The molecule has 5 heteroatoms. The highest BCUT2D eigenvalue weighted by Gasteiger charge is 2.26. The van der Waals surface area contributed by atoms with Crippen LogP contribution in [0.5, 0.6) is 0 Å². The van der Waals surface area contributed by atoms with Crippen molar-refractivity contribution in [2.45, 2.75) is 26.4 Å². The van der Waals surface area contributed by atoms with Crippen molar-refractivity contribution in [2.24, 2.45) is 5.92 Å². The second kappa shape index (κ2) is 7.45. The van der Waals surface area contributed by atoms with Crippen molar-refractivity contribution in [3.63, 3.8) is 0 Å². The van der Waals surface area contributed by atoms with Gasteiger partial charge in [0.05, 0.1) is 17.7 Å². The number of Topliss-reactive ketones (excluding diaryl/α,β-unsaturated/α-hetero) is 1. The maximum absolute atomic E-state index is 12.7. The van der Waals surface area contributed by atoms with E-state index >= 15 is 0 Å². The summed E-state index contributed by atoms with van der Waals surface area (Å²) in [6.07, 6.45) is 1.63. The van der Waals surface area contributed by atoms with Crippen LogP contribution in [-0.4, -0.2) is 33.6 Å². The van der Waals surface area contributed by atoms with Crippen LogP contribution in [0.25, 0.3) is 10.8 Å². The zero-order valence-corrected chi connectivity index (χ0v) is 15.5. The fourth-order valence-electron chi connectivity index (χ4n) is 3.86. The van der Waals surface area contributed by atoms with E-state index in [-0.39, 0.29) is 17.3 Å². The third-order valence-electron chi connectivity index (χ3n) is 5.40. The molecule has 0 aliphatic carbocycles. The third-order valence-corrected chi connectivity index (χ3v) is 5.40. The van der Waals surface area contributed by atoms with Crippen LogP contribution in [0, 0.1) is 12.8 Å². The molecule has 2 heterocycles. The molecule has 0 atom stereocenters. The number of benzene rings is 2. The summed E-state index contributed by atoms with van der Waals surface area (Å²) in [6.45, 7) is 3.99. The molecule has 3 aromatic rings. The van der Waals surface area contributed by atoms with Gasteiger partial charge in [-0.25, -0.2) is 4.68 Å². The number of aromatic nitrogens is 2. The zero-order chi connectivity index (χ0) is 18.8. The van der Waals surface area contributed by atoms with E-state index in [4.69, 9.17) is 0 Å². The second-order valence-electron chi connectivity index (χ2n) is 7.20. The van der Waals surface area contributed by atoms with Gasteiger partial charge in [0.15, 0.2) is 5.78 Å². The fraction of sp³-hybridized carbons (Fsp3) is 0.318. The van der Waals surface area contributed by atoms with E-state index < -0.39 is 0 Å². The summed E-state index contributed by atoms with van der Waals surface area (Å²) in [5.41, 5.74) is 1.59. The summed E-state index contributed by atoms with van der Waals surface area (Å²) in [5, 5.41) is 6.11. The summed E-state index contributed by atoms with van der Waals surface area (Å²) in [5.74, 6) is 0.291. The van der Waals surface area contributed by atoms with E-state index in [1.807, 2.05) is 61.5 Å². The Balaban J connectivity index is 1.46. The van der Waals surface area contributed by atoms with Crippen molar-refractivity contribution in [2.75, 3.05) is 13.1 Å². The van der Waals surface area contributed by atoms with E-state index in [1.165, 1.54) is 0 Å².